The molecular formula is C38H40N6O4. The molecule has 0 saturated heterocycles. The Kier molecular flexibility index (Phi) is 8.04. The maximum atomic E-state index is 12.9. The number of carbonyl (C=O) groups is 2. The number of ether oxygens (including phenoxy) is 1. The van der Waals surface area contributed by atoms with Gasteiger partial charge in [-0.05, 0) is 59.4 Å². The molecule has 0 fully saturated rings. The number of nitrogens with one attached hydrogen (secondary N) is 3. The fraction of sp³-hybridized carbons (Fsp3) is 0.289. The molecule has 3 aromatic carbocycles. The van der Waals surface area contributed by atoms with Crippen LogP contribution in [0.3, 0.4) is 0 Å². The molecule has 1 unspecified atom stereocenters. The predicted octanol–water partition coefficient (Wildman–Crippen LogP) is 6.46. The minimum absolute atomic E-state index is 0.0417. The van der Waals surface area contributed by atoms with Crippen LogP contribution in [-0.4, -0.2) is 36.1 Å². The molecule has 0 aliphatic carbocycles. The second-order valence-corrected chi connectivity index (χ2v) is 13.9. The highest BCUT2D eigenvalue weighted by molar-refractivity contribution is 6.01. The number of hydrogen-bond donors (Lipinski definition) is 4. The summed E-state index contributed by atoms with van der Waals surface area (Å²) in [5.74, 6) is 0.284. The van der Waals surface area contributed by atoms with Gasteiger partial charge in [-0.1, -0.05) is 45.0 Å². The Bertz CT molecular complexity index is 2170. The van der Waals surface area contributed by atoms with E-state index in [9.17, 15) is 14.7 Å². The lowest BCUT2D eigenvalue weighted by Crippen LogP contribution is -2.22. The lowest BCUT2D eigenvalue weighted by Gasteiger charge is -2.16. The van der Waals surface area contributed by atoms with E-state index in [0.29, 0.717) is 37.4 Å². The fourth-order valence-electron chi connectivity index (χ4n) is 6.53. The van der Waals surface area contributed by atoms with Crippen LogP contribution in [0.1, 0.15) is 78.1 Å². The SMILES string of the molecule is Cn1cnc(Cn2cc(OC(=O)CCC(C)(C)C)c3ccc(CNCc4[nH]c5ccccc5c4C4NC(=O)c5ccc(O)cc54)cc32)c1. The van der Waals surface area contributed by atoms with Crippen LogP contribution in [0.25, 0.3) is 21.8 Å². The number of H-pyrrole nitrogens is 1. The van der Waals surface area contributed by atoms with Crippen molar-refractivity contribution in [2.45, 2.75) is 59.3 Å². The highest BCUT2D eigenvalue weighted by Crippen LogP contribution is 2.38. The number of amides is 1. The number of aromatic nitrogens is 4. The molecule has 1 atom stereocenters. The van der Waals surface area contributed by atoms with E-state index in [1.807, 2.05) is 48.3 Å². The van der Waals surface area contributed by atoms with Gasteiger partial charge in [0.1, 0.15) is 5.75 Å². The molecule has 6 aromatic rings. The third-order valence-electron chi connectivity index (χ3n) is 8.92. The van der Waals surface area contributed by atoms with Crippen molar-refractivity contribution >= 4 is 33.7 Å². The standard InChI is InChI=1S/C38H40N6O4/c1-38(2,3)14-13-34(46)48-33-21-44(20-24-19-43(4)22-40-24)32-15-23(9-11-28(32)33)17-39-18-31-35(27-7-5-6-8-30(27)41-31)36-29-16-25(45)10-12-26(29)37(47)42-36/h5-12,15-16,19,21-22,36,39,41,45H,13-14,17-18,20H2,1-4H3,(H,42,47). The van der Waals surface area contributed by atoms with Crippen LogP contribution in [-0.2, 0) is 31.5 Å². The van der Waals surface area contributed by atoms with E-state index in [-0.39, 0.29) is 29.1 Å². The number of aryl methyl sites for hydroxylation is 1. The van der Waals surface area contributed by atoms with Gasteiger partial charge in [-0.3, -0.25) is 9.59 Å². The Morgan fingerprint density at radius 1 is 1.04 bits per heavy atom. The van der Waals surface area contributed by atoms with Crippen molar-refractivity contribution in [3.05, 3.63) is 113 Å². The molecule has 1 aliphatic heterocycles. The number of benzene rings is 3. The Labute approximate surface area is 278 Å². The van der Waals surface area contributed by atoms with E-state index in [0.717, 1.165) is 56.3 Å². The summed E-state index contributed by atoms with van der Waals surface area (Å²) in [6.45, 7) is 7.99. The molecule has 1 amide bonds. The van der Waals surface area contributed by atoms with Crippen LogP contribution in [0.4, 0.5) is 0 Å². The first kappa shape index (κ1) is 31.3. The topological polar surface area (TPSA) is 126 Å². The molecule has 10 nitrogen and oxygen atoms in total. The number of aromatic hydroxyl groups is 1. The number of phenols is 1. The van der Waals surface area contributed by atoms with Gasteiger partial charge in [0.15, 0.2) is 5.75 Å². The second kappa shape index (κ2) is 12.4. The van der Waals surface area contributed by atoms with Gasteiger partial charge in [0.25, 0.3) is 5.91 Å². The third-order valence-corrected chi connectivity index (χ3v) is 8.92. The molecule has 3 aromatic heterocycles. The molecule has 4 N–H and O–H groups in total. The number of aromatic amines is 1. The van der Waals surface area contributed by atoms with Crippen LogP contribution < -0.4 is 15.4 Å². The van der Waals surface area contributed by atoms with Gasteiger partial charge in [-0.15, -0.1) is 0 Å². The average molecular weight is 645 g/mol. The molecule has 48 heavy (non-hydrogen) atoms. The quantitative estimate of drug-likeness (QED) is 0.127. The number of hydrogen-bond acceptors (Lipinski definition) is 6. The van der Waals surface area contributed by atoms with Crippen LogP contribution in [0.5, 0.6) is 11.5 Å². The van der Waals surface area contributed by atoms with Gasteiger partial charge in [-0.25, -0.2) is 4.98 Å². The van der Waals surface area contributed by atoms with Crippen molar-refractivity contribution in [1.29, 1.82) is 0 Å². The molecule has 246 valence electrons. The number of carbonyl (C=O) groups excluding carboxylic acids is 2. The molecule has 0 spiro atoms. The van der Waals surface area contributed by atoms with E-state index in [1.54, 1.807) is 24.5 Å². The Morgan fingerprint density at radius 2 is 1.88 bits per heavy atom. The number of para-hydroxylation sites is 1. The van der Waals surface area contributed by atoms with Gasteiger partial charge in [0, 0.05) is 72.1 Å². The number of fused-ring (bicyclic) bond motifs is 3. The van der Waals surface area contributed by atoms with Crippen LogP contribution in [0.15, 0.2) is 79.4 Å². The molecular weight excluding hydrogens is 604 g/mol. The molecule has 0 saturated carbocycles. The predicted molar refractivity (Wildman–Crippen MR) is 185 cm³/mol. The van der Waals surface area contributed by atoms with Crippen LogP contribution in [0.2, 0.25) is 0 Å². The van der Waals surface area contributed by atoms with Crippen molar-refractivity contribution < 1.29 is 19.4 Å². The van der Waals surface area contributed by atoms with Crippen LogP contribution >= 0.6 is 0 Å². The zero-order chi connectivity index (χ0) is 33.6. The summed E-state index contributed by atoms with van der Waals surface area (Å²) in [5, 5.41) is 18.8. The lowest BCUT2D eigenvalue weighted by atomic mass is 9.91. The number of esters is 1. The third kappa shape index (κ3) is 6.31. The zero-order valence-corrected chi connectivity index (χ0v) is 27.6. The summed E-state index contributed by atoms with van der Waals surface area (Å²) in [4.78, 5) is 33.7. The molecule has 0 bridgehead atoms. The van der Waals surface area contributed by atoms with E-state index in [1.165, 1.54) is 0 Å². The summed E-state index contributed by atoms with van der Waals surface area (Å²) < 4.78 is 9.90. The first-order valence-electron chi connectivity index (χ1n) is 16.3. The number of rotatable bonds is 10. The van der Waals surface area contributed by atoms with E-state index >= 15 is 0 Å². The molecule has 4 heterocycles. The van der Waals surface area contributed by atoms with E-state index in [4.69, 9.17) is 4.74 Å². The van der Waals surface area contributed by atoms with E-state index < -0.39 is 0 Å². The Hall–Kier alpha value is -5.35. The number of imidazole rings is 1. The second-order valence-electron chi connectivity index (χ2n) is 13.9. The Morgan fingerprint density at radius 3 is 2.67 bits per heavy atom. The van der Waals surface area contributed by atoms with Crippen LogP contribution in [0, 0.1) is 5.41 Å². The van der Waals surface area contributed by atoms with Crippen molar-refractivity contribution in [2.75, 3.05) is 0 Å². The summed E-state index contributed by atoms with van der Waals surface area (Å²) in [5.41, 5.74) is 7.22. The summed E-state index contributed by atoms with van der Waals surface area (Å²) in [7, 11) is 1.94. The average Bonchev–Trinajstić information content (AvgIpc) is 3.79. The highest BCUT2D eigenvalue weighted by Gasteiger charge is 2.33. The monoisotopic (exact) mass is 644 g/mol. The Balaban J connectivity index is 1.15. The summed E-state index contributed by atoms with van der Waals surface area (Å²) in [6.07, 6.45) is 6.75. The minimum atomic E-state index is -0.386. The van der Waals surface area contributed by atoms with E-state index in [2.05, 4.69) is 64.1 Å². The summed E-state index contributed by atoms with van der Waals surface area (Å²) in [6, 6.07) is 18.7. The van der Waals surface area contributed by atoms with Gasteiger partial charge in [-0.2, -0.15) is 0 Å². The van der Waals surface area contributed by atoms with Gasteiger partial charge in [0.05, 0.1) is 30.1 Å². The fourth-order valence-corrected chi connectivity index (χ4v) is 6.53. The number of nitrogens with zero attached hydrogens (tertiary/aromatic N) is 3. The van der Waals surface area contributed by atoms with Gasteiger partial charge in [0.2, 0.25) is 0 Å². The van der Waals surface area contributed by atoms with Crippen molar-refractivity contribution in [2.24, 2.45) is 12.5 Å². The van der Waals surface area contributed by atoms with Crippen molar-refractivity contribution in [3.63, 3.8) is 0 Å². The maximum Gasteiger partial charge on any atom is 0.311 e. The molecule has 0 radical (unpaired) electrons. The maximum absolute atomic E-state index is 12.9. The first-order chi connectivity index (χ1) is 23.0. The lowest BCUT2D eigenvalue weighted by molar-refractivity contribution is -0.134. The first-order valence-corrected chi connectivity index (χ1v) is 16.3. The molecule has 1 aliphatic rings. The smallest absolute Gasteiger partial charge is 0.311 e. The highest BCUT2D eigenvalue weighted by atomic mass is 16.5. The van der Waals surface area contributed by atoms with Gasteiger partial charge >= 0.3 is 5.97 Å². The minimum Gasteiger partial charge on any atom is -0.508 e. The summed E-state index contributed by atoms with van der Waals surface area (Å²) >= 11 is 0. The molecule has 7 rings (SSSR count). The normalized spacial score (nSPS) is 14.5. The van der Waals surface area contributed by atoms with Crippen molar-refractivity contribution in [3.8, 4) is 11.5 Å². The number of phenolic OH excluding ortho intramolecular Hbond substituents is 1. The van der Waals surface area contributed by atoms with Crippen molar-refractivity contribution in [1.82, 2.24) is 29.7 Å². The van der Waals surface area contributed by atoms with Gasteiger partial charge < -0.3 is 34.6 Å². The molecule has 10 heteroatoms. The zero-order valence-electron chi connectivity index (χ0n) is 27.6. The largest absolute Gasteiger partial charge is 0.508 e.